The molecule has 0 unspecified atom stereocenters. The Morgan fingerprint density at radius 1 is 1.24 bits per heavy atom. The molecule has 1 aromatic rings. The van der Waals surface area contributed by atoms with Crippen LogP contribution in [0, 0.1) is 6.92 Å². The Kier molecular flexibility index (Phi) is 5.68. The molecule has 0 aliphatic heterocycles. The molecule has 0 saturated heterocycles. The Morgan fingerprint density at radius 3 is 2.53 bits per heavy atom. The van der Waals surface area contributed by atoms with Crippen molar-refractivity contribution in [1.29, 1.82) is 0 Å². The second-order valence-corrected chi connectivity index (χ2v) is 4.54. The summed E-state index contributed by atoms with van der Waals surface area (Å²) < 4.78 is 0. The maximum Gasteiger partial charge on any atom is 0.155 e. The van der Waals surface area contributed by atoms with Gasteiger partial charge in [0.05, 0.1) is 0 Å². The van der Waals surface area contributed by atoms with Crippen molar-refractivity contribution in [3.05, 3.63) is 41.0 Å². The van der Waals surface area contributed by atoms with Gasteiger partial charge in [0.2, 0.25) is 0 Å². The van der Waals surface area contributed by atoms with Gasteiger partial charge in [-0.25, -0.2) is 0 Å². The van der Waals surface area contributed by atoms with Crippen LogP contribution in [0.1, 0.15) is 50.7 Å². The molecule has 1 rings (SSSR count). The summed E-state index contributed by atoms with van der Waals surface area (Å²) in [7, 11) is 0. The average Bonchev–Trinajstić information content (AvgIpc) is 2.30. The van der Waals surface area contributed by atoms with E-state index >= 15 is 0 Å². The zero-order valence-electron chi connectivity index (χ0n) is 11.1. The minimum Gasteiger partial charge on any atom is -0.295 e. The van der Waals surface area contributed by atoms with Gasteiger partial charge in [-0.15, -0.1) is 0 Å². The molecule has 0 radical (unpaired) electrons. The molecule has 92 valence electrons. The second kappa shape index (κ2) is 7.05. The van der Waals surface area contributed by atoms with Gasteiger partial charge in [0.25, 0.3) is 0 Å². The van der Waals surface area contributed by atoms with Crippen LogP contribution >= 0.6 is 0 Å². The van der Waals surface area contributed by atoms with Crippen molar-refractivity contribution in [2.45, 2.75) is 46.5 Å². The first-order valence-electron chi connectivity index (χ1n) is 6.42. The molecule has 0 bridgehead atoms. The molecule has 0 aromatic heterocycles. The largest absolute Gasteiger partial charge is 0.295 e. The molecule has 0 aliphatic rings. The molecule has 0 spiro atoms. The van der Waals surface area contributed by atoms with Crippen molar-refractivity contribution in [2.24, 2.45) is 0 Å². The van der Waals surface area contributed by atoms with Crippen molar-refractivity contribution in [3.63, 3.8) is 0 Å². The summed E-state index contributed by atoms with van der Waals surface area (Å²) in [6.07, 6.45) is 6.44. The minimum absolute atomic E-state index is 0.198. The van der Waals surface area contributed by atoms with Gasteiger partial charge in [0.15, 0.2) is 5.78 Å². The number of aryl methyl sites for hydroxylation is 1. The highest BCUT2D eigenvalue weighted by atomic mass is 16.1. The van der Waals surface area contributed by atoms with Crippen LogP contribution in [0.5, 0.6) is 0 Å². The normalized spacial score (nSPS) is 11.6. The zero-order valence-corrected chi connectivity index (χ0v) is 11.1. The number of hydrogen-bond donors (Lipinski definition) is 0. The van der Waals surface area contributed by atoms with Crippen LogP contribution in [0.15, 0.2) is 29.8 Å². The van der Waals surface area contributed by atoms with E-state index in [9.17, 15) is 4.79 Å². The summed E-state index contributed by atoms with van der Waals surface area (Å²) in [5.41, 5.74) is 3.34. The number of unbranched alkanes of at least 4 members (excludes halogenated alkanes) is 2. The Bertz CT molecular complexity index is 402. The lowest BCUT2D eigenvalue weighted by Crippen LogP contribution is -1.97. The fourth-order valence-corrected chi connectivity index (χ4v) is 1.85. The first-order chi connectivity index (χ1) is 8.15. The zero-order chi connectivity index (χ0) is 12.7. The smallest absolute Gasteiger partial charge is 0.155 e. The number of hydrogen-bond acceptors (Lipinski definition) is 1. The lowest BCUT2D eigenvalue weighted by atomic mass is 9.99. The summed E-state index contributed by atoms with van der Waals surface area (Å²) in [4.78, 5) is 11.6. The third-order valence-corrected chi connectivity index (χ3v) is 3.02. The van der Waals surface area contributed by atoms with E-state index in [1.54, 1.807) is 6.92 Å². The van der Waals surface area contributed by atoms with Crippen molar-refractivity contribution in [1.82, 2.24) is 0 Å². The molecule has 1 heteroatoms. The highest BCUT2D eigenvalue weighted by molar-refractivity contribution is 5.97. The Hall–Kier alpha value is -1.37. The number of Topliss-reactive ketones (excluding diaryl/α,β-unsaturated/α-hetero) is 1. The van der Waals surface area contributed by atoms with Crippen molar-refractivity contribution in [2.75, 3.05) is 0 Å². The SMILES string of the molecule is CCCCCC(=Cc1ccccc1C)C(C)=O. The highest BCUT2D eigenvalue weighted by Gasteiger charge is 2.04. The van der Waals surface area contributed by atoms with E-state index in [1.165, 1.54) is 18.4 Å². The highest BCUT2D eigenvalue weighted by Crippen LogP contribution is 2.17. The Morgan fingerprint density at radius 2 is 1.94 bits per heavy atom. The number of carbonyl (C=O) groups is 1. The van der Waals surface area contributed by atoms with Crippen molar-refractivity contribution >= 4 is 11.9 Å². The first-order valence-corrected chi connectivity index (χ1v) is 6.42. The predicted molar refractivity (Wildman–Crippen MR) is 74.0 cm³/mol. The average molecular weight is 230 g/mol. The van der Waals surface area contributed by atoms with Crippen LogP contribution in [0.4, 0.5) is 0 Å². The van der Waals surface area contributed by atoms with E-state index in [-0.39, 0.29) is 5.78 Å². The van der Waals surface area contributed by atoms with E-state index < -0.39 is 0 Å². The van der Waals surface area contributed by atoms with Crippen LogP contribution in [-0.4, -0.2) is 5.78 Å². The predicted octanol–water partition coefficient (Wildman–Crippen LogP) is 4.55. The lowest BCUT2D eigenvalue weighted by Gasteiger charge is -2.05. The first kappa shape index (κ1) is 13.7. The maximum atomic E-state index is 11.6. The van der Waals surface area contributed by atoms with Gasteiger partial charge in [-0.3, -0.25) is 4.79 Å². The molecule has 0 amide bonds. The van der Waals surface area contributed by atoms with E-state index in [0.29, 0.717) is 0 Å². The van der Waals surface area contributed by atoms with Gasteiger partial charge in [0.1, 0.15) is 0 Å². The number of rotatable bonds is 6. The van der Waals surface area contributed by atoms with E-state index in [4.69, 9.17) is 0 Å². The fraction of sp³-hybridized carbons (Fsp3) is 0.438. The summed E-state index contributed by atoms with van der Waals surface area (Å²) in [5, 5.41) is 0. The van der Waals surface area contributed by atoms with Gasteiger partial charge in [-0.2, -0.15) is 0 Å². The number of ketones is 1. The topological polar surface area (TPSA) is 17.1 Å². The standard InChI is InChI=1S/C16H22O/c1-4-5-6-11-16(14(3)17)12-15-10-8-7-9-13(15)2/h7-10,12H,4-6,11H2,1-3H3. The van der Waals surface area contributed by atoms with Gasteiger partial charge in [-0.1, -0.05) is 44.0 Å². The molecule has 0 aliphatic carbocycles. The monoisotopic (exact) mass is 230 g/mol. The van der Waals surface area contributed by atoms with Crippen molar-refractivity contribution in [3.8, 4) is 0 Å². The summed E-state index contributed by atoms with van der Waals surface area (Å²) in [6, 6.07) is 8.19. The molecule has 0 N–H and O–H groups in total. The van der Waals surface area contributed by atoms with Crippen molar-refractivity contribution < 1.29 is 4.79 Å². The van der Waals surface area contributed by atoms with Gasteiger partial charge >= 0.3 is 0 Å². The maximum absolute atomic E-state index is 11.6. The molecule has 1 nitrogen and oxygen atoms in total. The second-order valence-electron chi connectivity index (χ2n) is 4.54. The van der Waals surface area contributed by atoms with Crippen LogP contribution in [0.2, 0.25) is 0 Å². The number of benzene rings is 1. The molecule has 1 aromatic carbocycles. The Labute approximate surface area is 105 Å². The van der Waals surface area contributed by atoms with E-state index in [0.717, 1.165) is 24.0 Å². The lowest BCUT2D eigenvalue weighted by molar-refractivity contribution is -0.113. The van der Waals surface area contributed by atoms with Crippen LogP contribution in [0.3, 0.4) is 0 Å². The van der Waals surface area contributed by atoms with E-state index in [2.05, 4.69) is 26.0 Å². The summed E-state index contributed by atoms with van der Waals surface area (Å²) in [6.45, 7) is 5.92. The van der Waals surface area contributed by atoms with E-state index in [1.807, 2.05) is 18.2 Å². The molecule has 17 heavy (non-hydrogen) atoms. The third-order valence-electron chi connectivity index (χ3n) is 3.02. The molecule has 0 heterocycles. The number of carbonyl (C=O) groups excluding carboxylic acids is 1. The molecule has 0 saturated carbocycles. The molecular formula is C16H22O. The number of allylic oxidation sites excluding steroid dienone is 1. The summed E-state index contributed by atoms with van der Waals surface area (Å²) in [5.74, 6) is 0.198. The molecular weight excluding hydrogens is 208 g/mol. The minimum atomic E-state index is 0.198. The fourth-order valence-electron chi connectivity index (χ4n) is 1.85. The summed E-state index contributed by atoms with van der Waals surface area (Å²) >= 11 is 0. The van der Waals surface area contributed by atoms with Gasteiger partial charge in [0, 0.05) is 0 Å². The van der Waals surface area contributed by atoms with Gasteiger partial charge < -0.3 is 0 Å². The quantitative estimate of drug-likeness (QED) is 0.517. The molecule has 0 fully saturated rings. The van der Waals surface area contributed by atoms with Gasteiger partial charge in [-0.05, 0) is 49.5 Å². The Balaban J connectivity index is 2.83. The van der Waals surface area contributed by atoms with Crippen LogP contribution < -0.4 is 0 Å². The van der Waals surface area contributed by atoms with Crippen LogP contribution in [-0.2, 0) is 4.79 Å². The third kappa shape index (κ3) is 4.56. The molecule has 0 atom stereocenters. The van der Waals surface area contributed by atoms with Crippen LogP contribution in [0.25, 0.3) is 6.08 Å².